The minimum absolute atomic E-state index is 0.00396. The Morgan fingerprint density at radius 2 is 2.07 bits per heavy atom. The van der Waals surface area contributed by atoms with Crippen molar-refractivity contribution >= 4 is 15.9 Å². The molecule has 0 aliphatic heterocycles. The number of hydrogen-bond donors (Lipinski definition) is 1. The normalized spacial score (nSPS) is 27.8. The maximum Gasteiger partial charge on any atom is 0.0546 e. The van der Waals surface area contributed by atoms with Gasteiger partial charge in [-0.05, 0) is 51.1 Å². The summed E-state index contributed by atoms with van der Waals surface area (Å²) in [6.07, 6.45) is 4.59. The van der Waals surface area contributed by atoms with Crippen molar-refractivity contribution in [3.05, 3.63) is 0 Å². The zero-order chi connectivity index (χ0) is 11.3. The standard InChI is InChI=1S/C12H24BrNO/c1-10(3-5-13)4-6-14(2)9-11-7-12(15)8-11/h10-12,15H,3-9H2,1-2H3. The molecule has 0 amide bonds. The fourth-order valence-electron chi connectivity index (χ4n) is 2.15. The molecule has 0 aromatic heterocycles. The highest BCUT2D eigenvalue weighted by molar-refractivity contribution is 9.09. The number of rotatable bonds is 7. The van der Waals surface area contributed by atoms with Crippen molar-refractivity contribution in [1.29, 1.82) is 0 Å². The Morgan fingerprint density at radius 1 is 1.40 bits per heavy atom. The summed E-state index contributed by atoms with van der Waals surface area (Å²) in [5.41, 5.74) is 0. The predicted octanol–water partition coefficient (Wildman–Crippen LogP) is 2.50. The second-order valence-corrected chi connectivity index (χ2v) is 5.92. The van der Waals surface area contributed by atoms with Gasteiger partial charge in [-0.25, -0.2) is 0 Å². The van der Waals surface area contributed by atoms with Gasteiger partial charge in [0.05, 0.1) is 6.10 Å². The van der Waals surface area contributed by atoms with E-state index in [0.717, 1.165) is 36.6 Å². The van der Waals surface area contributed by atoms with Crippen LogP contribution in [0.2, 0.25) is 0 Å². The summed E-state index contributed by atoms with van der Waals surface area (Å²) < 4.78 is 0. The molecule has 1 saturated carbocycles. The van der Waals surface area contributed by atoms with Gasteiger partial charge in [0.25, 0.3) is 0 Å². The zero-order valence-electron chi connectivity index (χ0n) is 9.95. The van der Waals surface area contributed by atoms with Crippen molar-refractivity contribution in [2.45, 2.75) is 38.7 Å². The predicted molar refractivity (Wildman–Crippen MR) is 68.4 cm³/mol. The molecule has 1 unspecified atom stereocenters. The first-order valence-electron chi connectivity index (χ1n) is 6.04. The largest absolute Gasteiger partial charge is 0.393 e. The average molecular weight is 278 g/mol. The lowest BCUT2D eigenvalue weighted by molar-refractivity contribution is 0.0278. The van der Waals surface area contributed by atoms with E-state index in [1.165, 1.54) is 19.4 Å². The molecule has 1 N–H and O–H groups in total. The molecule has 0 saturated heterocycles. The van der Waals surface area contributed by atoms with Gasteiger partial charge < -0.3 is 10.0 Å². The van der Waals surface area contributed by atoms with E-state index >= 15 is 0 Å². The van der Waals surface area contributed by atoms with Crippen molar-refractivity contribution in [3.8, 4) is 0 Å². The van der Waals surface area contributed by atoms with Crippen LogP contribution in [0.3, 0.4) is 0 Å². The lowest BCUT2D eigenvalue weighted by atomic mass is 9.82. The first-order valence-corrected chi connectivity index (χ1v) is 7.16. The Kier molecular flexibility index (Phi) is 6.17. The second-order valence-electron chi connectivity index (χ2n) is 5.13. The third-order valence-corrected chi connectivity index (χ3v) is 3.84. The van der Waals surface area contributed by atoms with Crippen LogP contribution >= 0.6 is 15.9 Å². The van der Waals surface area contributed by atoms with Gasteiger partial charge in [0.1, 0.15) is 0 Å². The fraction of sp³-hybridized carbons (Fsp3) is 1.00. The zero-order valence-corrected chi connectivity index (χ0v) is 11.5. The van der Waals surface area contributed by atoms with Gasteiger partial charge in [0, 0.05) is 11.9 Å². The van der Waals surface area contributed by atoms with Crippen molar-refractivity contribution < 1.29 is 5.11 Å². The molecule has 0 spiro atoms. The Labute approximate surface area is 102 Å². The third-order valence-electron chi connectivity index (χ3n) is 3.39. The smallest absolute Gasteiger partial charge is 0.0546 e. The van der Waals surface area contributed by atoms with Gasteiger partial charge in [0.15, 0.2) is 0 Å². The maximum atomic E-state index is 9.20. The third kappa shape index (κ3) is 5.32. The van der Waals surface area contributed by atoms with Crippen molar-refractivity contribution in [2.24, 2.45) is 11.8 Å². The van der Waals surface area contributed by atoms with E-state index in [2.05, 4.69) is 34.8 Å². The highest BCUT2D eigenvalue weighted by Gasteiger charge is 2.27. The molecule has 0 bridgehead atoms. The van der Waals surface area contributed by atoms with Gasteiger partial charge in [0.2, 0.25) is 0 Å². The second kappa shape index (κ2) is 6.87. The number of aliphatic hydroxyl groups is 1. The molecule has 1 aliphatic carbocycles. The van der Waals surface area contributed by atoms with Gasteiger partial charge in [-0.15, -0.1) is 0 Å². The lowest BCUT2D eigenvalue weighted by Gasteiger charge is -2.34. The fourth-order valence-corrected chi connectivity index (χ4v) is 2.93. The summed E-state index contributed by atoms with van der Waals surface area (Å²) in [6.45, 7) is 4.68. The molecule has 0 radical (unpaired) electrons. The molecule has 90 valence electrons. The molecular weight excluding hydrogens is 254 g/mol. The minimum Gasteiger partial charge on any atom is -0.393 e. The van der Waals surface area contributed by atoms with Crippen molar-refractivity contribution in [2.75, 3.05) is 25.5 Å². The van der Waals surface area contributed by atoms with Crippen LogP contribution in [-0.4, -0.2) is 41.6 Å². The van der Waals surface area contributed by atoms with E-state index in [9.17, 15) is 5.11 Å². The Bertz CT molecular complexity index is 171. The highest BCUT2D eigenvalue weighted by atomic mass is 79.9. The minimum atomic E-state index is -0.00396. The van der Waals surface area contributed by atoms with E-state index in [1.807, 2.05) is 0 Å². The lowest BCUT2D eigenvalue weighted by Crippen LogP contribution is -2.37. The summed E-state index contributed by atoms with van der Waals surface area (Å²) in [6, 6.07) is 0. The summed E-state index contributed by atoms with van der Waals surface area (Å²) in [5, 5.41) is 10.3. The van der Waals surface area contributed by atoms with Gasteiger partial charge in [-0.1, -0.05) is 22.9 Å². The monoisotopic (exact) mass is 277 g/mol. The highest BCUT2D eigenvalue weighted by Crippen LogP contribution is 2.27. The molecule has 1 fully saturated rings. The number of alkyl halides is 1. The topological polar surface area (TPSA) is 23.5 Å². The average Bonchev–Trinajstić information content (AvgIpc) is 2.13. The van der Waals surface area contributed by atoms with Crippen LogP contribution in [0.4, 0.5) is 0 Å². The van der Waals surface area contributed by atoms with E-state index in [4.69, 9.17) is 0 Å². The van der Waals surface area contributed by atoms with E-state index < -0.39 is 0 Å². The van der Waals surface area contributed by atoms with Crippen LogP contribution in [-0.2, 0) is 0 Å². The number of hydrogen-bond acceptors (Lipinski definition) is 2. The van der Waals surface area contributed by atoms with E-state index in [-0.39, 0.29) is 6.10 Å². The van der Waals surface area contributed by atoms with Gasteiger partial charge >= 0.3 is 0 Å². The Hall–Kier alpha value is 0.400. The molecule has 3 heteroatoms. The van der Waals surface area contributed by atoms with Gasteiger partial charge in [-0.2, -0.15) is 0 Å². The van der Waals surface area contributed by atoms with Crippen LogP contribution < -0.4 is 0 Å². The Morgan fingerprint density at radius 3 is 2.60 bits per heavy atom. The van der Waals surface area contributed by atoms with Crippen LogP contribution in [0.25, 0.3) is 0 Å². The quantitative estimate of drug-likeness (QED) is 0.723. The number of halogens is 1. The first-order chi connectivity index (χ1) is 7.11. The number of nitrogens with zero attached hydrogens (tertiary/aromatic N) is 1. The summed E-state index contributed by atoms with van der Waals surface area (Å²) >= 11 is 3.48. The molecule has 0 aromatic rings. The molecule has 15 heavy (non-hydrogen) atoms. The maximum absolute atomic E-state index is 9.20. The molecule has 0 aromatic carbocycles. The first kappa shape index (κ1) is 13.5. The molecular formula is C12H24BrNO. The molecule has 0 heterocycles. The van der Waals surface area contributed by atoms with E-state index in [0.29, 0.717) is 0 Å². The Balaban J connectivity index is 2.00. The van der Waals surface area contributed by atoms with E-state index in [1.54, 1.807) is 0 Å². The summed E-state index contributed by atoms with van der Waals surface area (Å²) in [5.74, 6) is 1.57. The van der Waals surface area contributed by atoms with Gasteiger partial charge in [-0.3, -0.25) is 0 Å². The SMILES string of the molecule is CC(CCBr)CCN(C)CC1CC(O)C1. The molecule has 1 atom stereocenters. The van der Waals surface area contributed by atoms with Crippen LogP contribution in [0.15, 0.2) is 0 Å². The van der Waals surface area contributed by atoms with Crippen LogP contribution in [0.5, 0.6) is 0 Å². The van der Waals surface area contributed by atoms with Crippen LogP contribution in [0.1, 0.15) is 32.6 Å². The molecule has 2 nitrogen and oxygen atoms in total. The molecule has 1 aliphatic rings. The van der Waals surface area contributed by atoms with Crippen molar-refractivity contribution in [1.82, 2.24) is 4.90 Å². The number of aliphatic hydroxyl groups excluding tert-OH is 1. The molecule has 1 rings (SSSR count). The summed E-state index contributed by atoms with van der Waals surface area (Å²) in [4.78, 5) is 2.42. The van der Waals surface area contributed by atoms with Crippen molar-refractivity contribution in [3.63, 3.8) is 0 Å². The summed E-state index contributed by atoms with van der Waals surface area (Å²) in [7, 11) is 2.20. The van der Waals surface area contributed by atoms with Crippen LogP contribution in [0, 0.1) is 11.8 Å².